The fraction of sp³-hybridized carbons (Fsp3) is 0.222. The van der Waals surface area contributed by atoms with E-state index in [1.54, 1.807) is 11.8 Å². The summed E-state index contributed by atoms with van der Waals surface area (Å²) in [6.07, 6.45) is 0. The average molecular weight is 369 g/mol. The number of nitrogens with one attached hydrogen (secondary N) is 1. The number of aromatic nitrogens is 4. The van der Waals surface area contributed by atoms with Crippen molar-refractivity contribution in [2.45, 2.75) is 23.9 Å². The van der Waals surface area contributed by atoms with Crippen molar-refractivity contribution in [2.75, 3.05) is 7.11 Å². The van der Waals surface area contributed by atoms with Gasteiger partial charge in [0.25, 0.3) is 0 Å². The Balaban J connectivity index is 1.63. The molecule has 0 bridgehead atoms. The third-order valence-electron chi connectivity index (χ3n) is 3.72. The Hall–Kier alpha value is -2.87. The first-order chi connectivity index (χ1) is 12.7. The van der Waals surface area contributed by atoms with Gasteiger partial charge in [0.1, 0.15) is 5.75 Å². The molecule has 1 aromatic heterocycles. The lowest BCUT2D eigenvalue weighted by Gasteiger charge is -2.12. The molecule has 26 heavy (non-hydrogen) atoms. The van der Waals surface area contributed by atoms with Crippen molar-refractivity contribution in [1.29, 1.82) is 0 Å². The van der Waals surface area contributed by atoms with Crippen LogP contribution in [0.15, 0.2) is 59.8 Å². The third kappa shape index (κ3) is 4.40. The highest BCUT2D eigenvalue weighted by Crippen LogP contribution is 2.24. The van der Waals surface area contributed by atoms with Crippen LogP contribution in [0, 0.1) is 0 Å². The van der Waals surface area contributed by atoms with E-state index < -0.39 is 0 Å². The molecule has 0 aliphatic heterocycles. The number of benzene rings is 2. The van der Waals surface area contributed by atoms with Crippen LogP contribution < -0.4 is 10.1 Å². The van der Waals surface area contributed by atoms with E-state index in [9.17, 15) is 4.79 Å². The molecule has 7 nitrogen and oxygen atoms in total. The molecule has 3 rings (SSSR count). The lowest BCUT2D eigenvalue weighted by Crippen LogP contribution is -2.30. The van der Waals surface area contributed by atoms with E-state index in [1.807, 2.05) is 61.5 Å². The van der Waals surface area contributed by atoms with Crippen molar-refractivity contribution in [3.8, 4) is 11.4 Å². The maximum absolute atomic E-state index is 12.3. The minimum atomic E-state index is -0.332. The Morgan fingerprint density at radius 3 is 2.62 bits per heavy atom. The zero-order valence-electron chi connectivity index (χ0n) is 14.5. The number of hydrogen-bond donors (Lipinski definition) is 1. The van der Waals surface area contributed by atoms with Gasteiger partial charge < -0.3 is 10.1 Å². The van der Waals surface area contributed by atoms with Crippen LogP contribution in [0.4, 0.5) is 0 Å². The lowest BCUT2D eigenvalue weighted by molar-refractivity contribution is -0.120. The molecule has 1 amide bonds. The van der Waals surface area contributed by atoms with Gasteiger partial charge in [-0.2, -0.15) is 4.68 Å². The van der Waals surface area contributed by atoms with Gasteiger partial charge in [0.05, 0.1) is 18.0 Å². The van der Waals surface area contributed by atoms with E-state index in [0.29, 0.717) is 11.7 Å². The van der Waals surface area contributed by atoms with Crippen molar-refractivity contribution in [3.63, 3.8) is 0 Å². The van der Waals surface area contributed by atoms with Crippen LogP contribution in [0.2, 0.25) is 0 Å². The van der Waals surface area contributed by atoms with Crippen LogP contribution in [-0.2, 0) is 11.3 Å². The van der Waals surface area contributed by atoms with Crippen LogP contribution in [0.1, 0.15) is 12.5 Å². The van der Waals surface area contributed by atoms with Gasteiger partial charge in [-0.1, -0.05) is 42.1 Å². The van der Waals surface area contributed by atoms with Crippen molar-refractivity contribution in [3.05, 3.63) is 60.2 Å². The van der Waals surface area contributed by atoms with E-state index in [0.717, 1.165) is 17.0 Å². The Morgan fingerprint density at radius 1 is 1.19 bits per heavy atom. The van der Waals surface area contributed by atoms with Crippen LogP contribution in [0.5, 0.6) is 5.75 Å². The molecular weight excluding hydrogens is 350 g/mol. The van der Waals surface area contributed by atoms with Crippen molar-refractivity contribution in [1.82, 2.24) is 25.5 Å². The SMILES string of the molecule is COc1ccc(-n2nnnc2S[C@@H](C)C(=O)NCc2ccccc2)cc1. The van der Waals surface area contributed by atoms with Crippen LogP contribution >= 0.6 is 11.8 Å². The second-order valence-corrected chi connectivity index (χ2v) is 6.84. The lowest BCUT2D eigenvalue weighted by atomic mass is 10.2. The highest BCUT2D eigenvalue weighted by Gasteiger charge is 2.19. The van der Waals surface area contributed by atoms with Crippen LogP contribution in [-0.4, -0.2) is 38.5 Å². The zero-order chi connectivity index (χ0) is 18.4. The molecule has 134 valence electrons. The van der Waals surface area contributed by atoms with Gasteiger partial charge in [-0.15, -0.1) is 5.10 Å². The minimum Gasteiger partial charge on any atom is -0.497 e. The number of amides is 1. The fourth-order valence-electron chi connectivity index (χ4n) is 2.28. The van der Waals surface area contributed by atoms with Gasteiger partial charge in [0.15, 0.2) is 0 Å². The number of methoxy groups -OCH3 is 1. The molecule has 1 atom stereocenters. The molecule has 2 aromatic carbocycles. The smallest absolute Gasteiger partial charge is 0.233 e. The number of carbonyl (C=O) groups is 1. The van der Waals surface area contributed by atoms with E-state index >= 15 is 0 Å². The number of carbonyl (C=O) groups excluding carboxylic acids is 1. The summed E-state index contributed by atoms with van der Waals surface area (Å²) in [5.74, 6) is 0.688. The number of ether oxygens (including phenoxy) is 1. The zero-order valence-corrected chi connectivity index (χ0v) is 15.3. The molecule has 0 saturated carbocycles. The van der Waals surface area contributed by atoms with Gasteiger partial charge in [0, 0.05) is 6.54 Å². The molecule has 0 aliphatic rings. The van der Waals surface area contributed by atoms with Gasteiger partial charge in [-0.3, -0.25) is 4.79 Å². The monoisotopic (exact) mass is 369 g/mol. The molecule has 1 heterocycles. The summed E-state index contributed by atoms with van der Waals surface area (Å²) >= 11 is 1.31. The third-order valence-corrected chi connectivity index (χ3v) is 4.75. The molecule has 8 heteroatoms. The minimum absolute atomic E-state index is 0.0665. The summed E-state index contributed by atoms with van der Waals surface area (Å²) in [5.41, 5.74) is 1.86. The number of rotatable bonds is 7. The van der Waals surface area contributed by atoms with Gasteiger partial charge in [-0.25, -0.2) is 0 Å². The fourth-order valence-corrected chi connectivity index (χ4v) is 3.11. The van der Waals surface area contributed by atoms with Crippen molar-refractivity contribution >= 4 is 17.7 Å². The number of hydrogen-bond acceptors (Lipinski definition) is 6. The molecule has 0 aliphatic carbocycles. The average Bonchev–Trinajstić information content (AvgIpc) is 3.15. The summed E-state index contributed by atoms with van der Waals surface area (Å²) in [6, 6.07) is 17.2. The standard InChI is InChI=1S/C18H19N5O2S/c1-13(17(24)19-12-14-6-4-3-5-7-14)26-18-20-21-22-23(18)15-8-10-16(25-2)11-9-15/h3-11,13H,12H2,1-2H3,(H,19,24)/t13-/m0/s1. The summed E-state index contributed by atoms with van der Waals surface area (Å²) in [7, 11) is 1.61. The highest BCUT2D eigenvalue weighted by atomic mass is 32.2. The first-order valence-electron chi connectivity index (χ1n) is 8.08. The van der Waals surface area contributed by atoms with Crippen molar-refractivity contribution in [2.24, 2.45) is 0 Å². The maximum Gasteiger partial charge on any atom is 0.233 e. The van der Waals surface area contributed by atoms with E-state index in [4.69, 9.17) is 4.74 Å². The first kappa shape index (κ1) is 17.9. The van der Waals surface area contributed by atoms with Gasteiger partial charge in [-0.05, 0) is 47.2 Å². The Morgan fingerprint density at radius 2 is 1.92 bits per heavy atom. The molecule has 0 fully saturated rings. The van der Waals surface area contributed by atoms with E-state index in [-0.39, 0.29) is 11.2 Å². The number of thioether (sulfide) groups is 1. The second-order valence-electron chi connectivity index (χ2n) is 5.53. The maximum atomic E-state index is 12.3. The van der Waals surface area contributed by atoms with E-state index in [1.165, 1.54) is 11.8 Å². The van der Waals surface area contributed by atoms with Crippen LogP contribution in [0.3, 0.4) is 0 Å². The summed E-state index contributed by atoms with van der Waals surface area (Å²) in [5, 5.41) is 14.9. The van der Waals surface area contributed by atoms with Crippen molar-refractivity contribution < 1.29 is 9.53 Å². The molecule has 3 aromatic rings. The Labute approximate surface area is 155 Å². The topological polar surface area (TPSA) is 81.9 Å². The number of tetrazole rings is 1. The molecule has 0 radical (unpaired) electrons. The molecule has 0 spiro atoms. The Kier molecular flexibility index (Phi) is 5.85. The summed E-state index contributed by atoms with van der Waals surface area (Å²) in [6.45, 7) is 2.33. The predicted octanol–water partition coefficient (Wildman–Crippen LogP) is 2.47. The predicted molar refractivity (Wildman–Crippen MR) is 99.3 cm³/mol. The Bertz CT molecular complexity index is 852. The summed E-state index contributed by atoms with van der Waals surface area (Å²) in [4.78, 5) is 12.3. The molecule has 0 saturated heterocycles. The van der Waals surface area contributed by atoms with Gasteiger partial charge in [0.2, 0.25) is 11.1 Å². The molecule has 0 unspecified atom stereocenters. The highest BCUT2D eigenvalue weighted by molar-refractivity contribution is 8.00. The quantitative estimate of drug-likeness (QED) is 0.644. The number of nitrogens with zero attached hydrogens (tertiary/aromatic N) is 4. The first-order valence-corrected chi connectivity index (χ1v) is 8.96. The van der Waals surface area contributed by atoms with Crippen LogP contribution in [0.25, 0.3) is 5.69 Å². The molecular formula is C18H19N5O2S. The summed E-state index contributed by atoms with van der Waals surface area (Å²) < 4.78 is 6.76. The van der Waals surface area contributed by atoms with Gasteiger partial charge >= 0.3 is 0 Å². The normalized spacial score (nSPS) is 11.8. The molecule has 1 N–H and O–H groups in total. The van der Waals surface area contributed by atoms with E-state index in [2.05, 4.69) is 20.8 Å². The second kappa shape index (κ2) is 8.48. The largest absolute Gasteiger partial charge is 0.497 e.